The van der Waals surface area contributed by atoms with E-state index in [0.29, 0.717) is 30.0 Å². The maximum atomic E-state index is 12.1. The maximum Gasteiger partial charge on any atom is 0.319 e. The Hall–Kier alpha value is -2.68. The molecule has 2 amide bonds. The molecule has 1 aromatic carbocycles. The summed E-state index contributed by atoms with van der Waals surface area (Å²) in [7, 11) is 0. The van der Waals surface area contributed by atoms with Gasteiger partial charge in [-0.25, -0.2) is 4.79 Å². The molecule has 0 heterocycles. The lowest BCUT2D eigenvalue weighted by Crippen LogP contribution is -2.55. The average molecular weight is 376 g/mol. The van der Waals surface area contributed by atoms with Gasteiger partial charge in [0.1, 0.15) is 0 Å². The predicted octanol–water partition coefficient (Wildman–Crippen LogP) is 2.35. The molecule has 0 unspecified atom stereocenters. The normalized spacial score (nSPS) is 21.4. The molecule has 0 atom stereocenters. The van der Waals surface area contributed by atoms with Gasteiger partial charge in [-0.15, -0.1) is 0 Å². The number of rotatable bonds is 8. The highest BCUT2D eigenvalue weighted by Crippen LogP contribution is 2.33. The summed E-state index contributed by atoms with van der Waals surface area (Å²) in [6.07, 6.45) is 3.74. The van der Waals surface area contributed by atoms with E-state index in [9.17, 15) is 19.7 Å². The molecule has 3 N–H and O–H groups in total. The van der Waals surface area contributed by atoms with Crippen LogP contribution in [-0.2, 0) is 4.79 Å². The standard InChI is InChI=1S/C18H24N4O5/c1-11-2-5-13(8-16(11)22(26)27)19-18(25)20-14-6-15(7-14)21(10-17(23)24)9-12-3-4-12/h2,5,8,12,14-15H,3-4,6-7,9-10H2,1H3,(H,23,24)(H2,19,20,25). The van der Waals surface area contributed by atoms with Crippen molar-refractivity contribution in [2.45, 2.75) is 44.7 Å². The first-order valence-corrected chi connectivity index (χ1v) is 9.10. The largest absolute Gasteiger partial charge is 0.480 e. The Morgan fingerprint density at radius 2 is 2.04 bits per heavy atom. The molecule has 2 fully saturated rings. The van der Waals surface area contributed by atoms with E-state index in [2.05, 4.69) is 10.6 Å². The zero-order chi connectivity index (χ0) is 19.6. The van der Waals surface area contributed by atoms with Crippen molar-refractivity contribution in [1.82, 2.24) is 10.2 Å². The number of carboxylic acid groups (broad SMARTS) is 1. The number of amides is 2. The van der Waals surface area contributed by atoms with Crippen LogP contribution < -0.4 is 10.6 Å². The molecule has 2 aliphatic carbocycles. The van der Waals surface area contributed by atoms with Crippen molar-refractivity contribution < 1.29 is 19.6 Å². The van der Waals surface area contributed by atoms with Crippen LogP contribution in [0.25, 0.3) is 0 Å². The van der Waals surface area contributed by atoms with Gasteiger partial charge >= 0.3 is 12.0 Å². The number of nitro benzene ring substituents is 1. The molecule has 0 spiro atoms. The number of aryl methyl sites for hydroxylation is 1. The highest BCUT2D eigenvalue weighted by Gasteiger charge is 2.37. The molecule has 0 bridgehead atoms. The molecule has 0 aliphatic heterocycles. The van der Waals surface area contributed by atoms with E-state index in [1.165, 1.54) is 6.07 Å². The first-order chi connectivity index (χ1) is 12.8. The summed E-state index contributed by atoms with van der Waals surface area (Å²) in [5, 5.41) is 25.5. The first kappa shape index (κ1) is 19.1. The van der Waals surface area contributed by atoms with E-state index >= 15 is 0 Å². The van der Waals surface area contributed by atoms with E-state index in [1.807, 2.05) is 4.90 Å². The van der Waals surface area contributed by atoms with Crippen LogP contribution in [0.2, 0.25) is 0 Å². The number of carbonyl (C=O) groups excluding carboxylic acids is 1. The summed E-state index contributed by atoms with van der Waals surface area (Å²) in [6.45, 7) is 2.48. The summed E-state index contributed by atoms with van der Waals surface area (Å²) < 4.78 is 0. The number of nitrogens with one attached hydrogen (secondary N) is 2. The lowest BCUT2D eigenvalue weighted by Gasteiger charge is -2.42. The van der Waals surface area contributed by atoms with Crippen LogP contribution in [0.15, 0.2) is 18.2 Å². The number of hydrogen-bond donors (Lipinski definition) is 3. The maximum absolute atomic E-state index is 12.1. The molecule has 9 nitrogen and oxygen atoms in total. The fraction of sp³-hybridized carbons (Fsp3) is 0.556. The minimum Gasteiger partial charge on any atom is -0.480 e. The number of anilines is 1. The van der Waals surface area contributed by atoms with Gasteiger partial charge in [0.05, 0.1) is 11.5 Å². The summed E-state index contributed by atoms with van der Waals surface area (Å²) >= 11 is 0. The molecule has 0 aromatic heterocycles. The molecular formula is C18H24N4O5. The van der Waals surface area contributed by atoms with Crippen molar-refractivity contribution in [1.29, 1.82) is 0 Å². The number of carboxylic acids is 1. The molecule has 2 aliphatic rings. The Morgan fingerprint density at radius 1 is 1.33 bits per heavy atom. The lowest BCUT2D eigenvalue weighted by molar-refractivity contribution is -0.385. The first-order valence-electron chi connectivity index (χ1n) is 9.10. The molecular weight excluding hydrogens is 352 g/mol. The Morgan fingerprint density at radius 3 is 2.63 bits per heavy atom. The highest BCUT2D eigenvalue weighted by molar-refractivity contribution is 5.90. The third kappa shape index (κ3) is 5.16. The third-order valence-electron chi connectivity index (χ3n) is 5.16. The van der Waals surface area contributed by atoms with Crippen molar-refractivity contribution in [3.63, 3.8) is 0 Å². The van der Waals surface area contributed by atoms with Crippen LogP contribution in [0, 0.1) is 23.0 Å². The van der Waals surface area contributed by atoms with Gasteiger partial charge in [0.2, 0.25) is 0 Å². The minimum atomic E-state index is -0.828. The Kier molecular flexibility index (Phi) is 5.59. The van der Waals surface area contributed by atoms with E-state index in [0.717, 1.165) is 19.4 Å². The zero-order valence-electron chi connectivity index (χ0n) is 15.2. The summed E-state index contributed by atoms with van der Waals surface area (Å²) in [4.78, 5) is 35.7. The second-order valence-electron chi connectivity index (χ2n) is 7.45. The van der Waals surface area contributed by atoms with E-state index < -0.39 is 16.9 Å². The number of aliphatic carboxylic acids is 1. The topological polar surface area (TPSA) is 125 Å². The number of nitrogens with zero attached hydrogens (tertiary/aromatic N) is 2. The van der Waals surface area contributed by atoms with Crippen molar-refractivity contribution >= 4 is 23.4 Å². The number of benzene rings is 1. The van der Waals surface area contributed by atoms with Gasteiger partial charge in [0.15, 0.2) is 0 Å². The summed E-state index contributed by atoms with van der Waals surface area (Å²) in [6, 6.07) is 4.29. The molecule has 3 rings (SSSR count). The van der Waals surface area contributed by atoms with E-state index in [4.69, 9.17) is 5.11 Å². The van der Waals surface area contributed by atoms with Gasteiger partial charge in [0.25, 0.3) is 5.69 Å². The summed E-state index contributed by atoms with van der Waals surface area (Å²) in [5.74, 6) is -0.220. The van der Waals surface area contributed by atoms with Crippen molar-refractivity contribution in [2.24, 2.45) is 5.92 Å². The van der Waals surface area contributed by atoms with Gasteiger partial charge in [-0.2, -0.15) is 0 Å². The van der Waals surface area contributed by atoms with Crippen LogP contribution in [-0.4, -0.2) is 52.1 Å². The Bertz CT molecular complexity index is 743. The van der Waals surface area contributed by atoms with Crippen molar-refractivity contribution in [3.05, 3.63) is 33.9 Å². The van der Waals surface area contributed by atoms with Crippen LogP contribution >= 0.6 is 0 Å². The average Bonchev–Trinajstić information content (AvgIpc) is 3.35. The number of carbonyl (C=O) groups is 2. The Labute approximate surface area is 156 Å². The number of nitro groups is 1. The van der Waals surface area contributed by atoms with Gasteiger partial charge in [-0.1, -0.05) is 6.07 Å². The minimum absolute atomic E-state index is 0.0223. The fourth-order valence-corrected chi connectivity index (χ4v) is 3.39. The van der Waals surface area contributed by atoms with Crippen LogP contribution in [0.3, 0.4) is 0 Å². The van der Waals surface area contributed by atoms with Crippen molar-refractivity contribution in [3.8, 4) is 0 Å². The molecule has 0 saturated heterocycles. The smallest absolute Gasteiger partial charge is 0.319 e. The Balaban J connectivity index is 1.47. The van der Waals surface area contributed by atoms with Gasteiger partial charge < -0.3 is 15.7 Å². The van der Waals surface area contributed by atoms with E-state index in [1.54, 1.807) is 19.1 Å². The van der Waals surface area contributed by atoms with E-state index in [-0.39, 0.29) is 24.3 Å². The van der Waals surface area contributed by atoms with Gasteiger partial charge in [-0.3, -0.25) is 19.8 Å². The quantitative estimate of drug-likeness (QED) is 0.472. The second kappa shape index (κ2) is 7.91. The molecule has 9 heteroatoms. The van der Waals surface area contributed by atoms with Crippen LogP contribution in [0.1, 0.15) is 31.2 Å². The third-order valence-corrected chi connectivity index (χ3v) is 5.16. The second-order valence-corrected chi connectivity index (χ2v) is 7.45. The molecule has 146 valence electrons. The SMILES string of the molecule is Cc1ccc(NC(=O)NC2CC(N(CC(=O)O)CC3CC3)C2)cc1[N+](=O)[O-]. The van der Waals surface area contributed by atoms with Crippen LogP contribution in [0.5, 0.6) is 0 Å². The number of urea groups is 1. The molecule has 2 saturated carbocycles. The zero-order valence-corrected chi connectivity index (χ0v) is 15.2. The summed E-state index contributed by atoms with van der Waals surface area (Å²) in [5.41, 5.74) is 0.852. The molecule has 0 radical (unpaired) electrons. The van der Waals surface area contributed by atoms with Crippen LogP contribution in [0.4, 0.5) is 16.2 Å². The van der Waals surface area contributed by atoms with Crippen molar-refractivity contribution in [2.75, 3.05) is 18.4 Å². The molecule has 27 heavy (non-hydrogen) atoms. The monoisotopic (exact) mass is 376 g/mol. The van der Waals surface area contributed by atoms with Gasteiger partial charge in [-0.05, 0) is 44.6 Å². The number of hydrogen-bond acceptors (Lipinski definition) is 5. The van der Waals surface area contributed by atoms with Gasteiger partial charge in [0, 0.05) is 35.9 Å². The lowest BCUT2D eigenvalue weighted by atomic mass is 9.85. The predicted molar refractivity (Wildman–Crippen MR) is 98.7 cm³/mol. The highest BCUT2D eigenvalue weighted by atomic mass is 16.6. The fourth-order valence-electron chi connectivity index (χ4n) is 3.39. The molecule has 1 aromatic rings.